The van der Waals surface area contributed by atoms with Crippen molar-refractivity contribution in [1.82, 2.24) is 19.6 Å². The van der Waals surface area contributed by atoms with Crippen molar-refractivity contribution in [3.63, 3.8) is 0 Å². The lowest BCUT2D eigenvalue weighted by Gasteiger charge is -2.18. The number of benzene rings is 1. The number of hydrogen-bond acceptors (Lipinski definition) is 4. The fraction of sp³-hybridized carbons (Fsp3) is 0.333. The van der Waals surface area contributed by atoms with Gasteiger partial charge in [0.2, 0.25) is 0 Å². The molecule has 1 amide bonds. The van der Waals surface area contributed by atoms with E-state index in [0.29, 0.717) is 24.5 Å². The summed E-state index contributed by atoms with van der Waals surface area (Å²) >= 11 is 0. The summed E-state index contributed by atoms with van der Waals surface area (Å²) in [4.78, 5) is 19.1. The van der Waals surface area contributed by atoms with Gasteiger partial charge < -0.3 is 19.4 Å². The molecule has 0 fully saturated rings. The molecule has 0 aliphatic heterocycles. The number of pyridine rings is 1. The van der Waals surface area contributed by atoms with Crippen molar-refractivity contribution in [1.29, 1.82) is 0 Å². The quantitative estimate of drug-likeness (QED) is 0.632. The second-order valence-corrected chi connectivity index (χ2v) is 6.30. The normalized spacial score (nSPS) is 11.1. The van der Waals surface area contributed by atoms with Gasteiger partial charge in [0, 0.05) is 31.0 Å². The van der Waals surface area contributed by atoms with Crippen molar-refractivity contribution < 1.29 is 9.53 Å². The molecule has 1 N–H and O–H groups in total. The van der Waals surface area contributed by atoms with Crippen molar-refractivity contribution in [2.75, 3.05) is 26.2 Å². The molecule has 0 saturated heterocycles. The number of carbonyl (C=O) groups excluding carboxylic acids is 1. The van der Waals surface area contributed by atoms with Crippen LogP contribution in [0, 0.1) is 0 Å². The maximum Gasteiger partial charge on any atom is 0.251 e. The smallest absolute Gasteiger partial charge is 0.251 e. The lowest BCUT2D eigenvalue weighted by Crippen LogP contribution is -2.34. The van der Waals surface area contributed by atoms with E-state index >= 15 is 0 Å². The molecule has 142 valence electrons. The summed E-state index contributed by atoms with van der Waals surface area (Å²) in [5.74, 6) is 0.573. The van der Waals surface area contributed by atoms with Crippen LogP contribution in [0.3, 0.4) is 0 Å². The Balaban J connectivity index is 1.55. The van der Waals surface area contributed by atoms with Crippen LogP contribution >= 0.6 is 0 Å². The van der Waals surface area contributed by atoms with Crippen LogP contribution in [0.25, 0.3) is 5.65 Å². The van der Waals surface area contributed by atoms with Crippen molar-refractivity contribution >= 4 is 11.6 Å². The van der Waals surface area contributed by atoms with E-state index in [0.717, 1.165) is 31.0 Å². The molecule has 0 atom stereocenters. The molecule has 0 spiro atoms. The third kappa shape index (κ3) is 5.08. The standard InChI is InChI=1S/C21H26N4O2/c1-3-24(4-2)13-11-22-21(26)17-8-7-9-19(14-17)27-16-18-15-25-12-6-5-10-20(25)23-18/h5-10,12,14-15H,3-4,11,13,16H2,1-2H3,(H,22,26). The molecule has 0 radical (unpaired) electrons. The highest BCUT2D eigenvalue weighted by Crippen LogP contribution is 2.15. The summed E-state index contributed by atoms with van der Waals surface area (Å²) in [5, 5.41) is 2.96. The van der Waals surface area contributed by atoms with Gasteiger partial charge >= 0.3 is 0 Å². The number of hydrogen-bond donors (Lipinski definition) is 1. The number of amides is 1. The van der Waals surface area contributed by atoms with Crippen molar-refractivity contribution in [3.8, 4) is 5.75 Å². The molecule has 6 nitrogen and oxygen atoms in total. The number of nitrogens with one attached hydrogen (secondary N) is 1. The van der Waals surface area contributed by atoms with Gasteiger partial charge in [-0.1, -0.05) is 26.0 Å². The van der Waals surface area contributed by atoms with Crippen LogP contribution in [0.1, 0.15) is 29.9 Å². The Hall–Kier alpha value is -2.86. The monoisotopic (exact) mass is 366 g/mol. The van der Waals surface area contributed by atoms with Crippen LogP contribution in [0.4, 0.5) is 0 Å². The molecule has 0 saturated carbocycles. The Morgan fingerprint density at radius 3 is 2.81 bits per heavy atom. The minimum Gasteiger partial charge on any atom is -0.487 e. The molecule has 3 rings (SSSR count). The zero-order valence-corrected chi connectivity index (χ0v) is 15.9. The van der Waals surface area contributed by atoms with E-state index in [-0.39, 0.29) is 5.91 Å². The molecular weight excluding hydrogens is 340 g/mol. The van der Waals surface area contributed by atoms with Crippen LogP contribution < -0.4 is 10.1 Å². The van der Waals surface area contributed by atoms with Gasteiger partial charge in [0.05, 0.1) is 5.69 Å². The Kier molecular flexibility index (Phi) is 6.44. The van der Waals surface area contributed by atoms with Gasteiger partial charge in [-0.2, -0.15) is 0 Å². The number of fused-ring (bicyclic) bond motifs is 1. The summed E-state index contributed by atoms with van der Waals surface area (Å²) < 4.78 is 7.78. The van der Waals surface area contributed by atoms with E-state index in [9.17, 15) is 4.79 Å². The number of rotatable bonds is 9. The van der Waals surface area contributed by atoms with E-state index in [1.807, 2.05) is 47.1 Å². The lowest BCUT2D eigenvalue weighted by atomic mass is 10.2. The predicted octanol–water partition coefficient (Wildman–Crippen LogP) is 2.98. The average molecular weight is 366 g/mol. The minimum atomic E-state index is -0.0830. The Morgan fingerprint density at radius 2 is 2.04 bits per heavy atom. The molecule has 0 aliphatic rings. The highest BCUT2D eigenvalue weighted by atomic mass is 16.5. The minimum absolute atomic E-state index is 0.0830. The summed E-state index contributed by atoms with van der Waals surface area (Å²) in [6.07, 6.45) is 3.90. The molecule has 6 heteroatoms. The summed E-state index contributed by atoms with van der Waals surface area (Å²) in [6, 6.07) is 13.1. The number of carbonyl (C=O) groups is 1. The molecule has 3 aromatic rings. The SMILES string of the molecule is CCN(CC)CCNC(=O)c1cccc(OCc2cn3ccccc3n2)c1. The maximum atomic E-state index is 12.3. The van der Waals surface area contributed by atoms with Crippen LogP contribution in [0.2, 0.25) is 0 Å². The molecule has 2 heterocycles. The highest BCUT2D eigenvalue weighted by molar-refractivity contribution is 5.94. The largest absolute Gasteiger partial charge is 0.487 e. The van der Waals surface area contributed by atoms with Crippen LogP contribution in [0.15, 0.2) is 54.9 Å². The third-order valence-corrected chi connectivity index (χ3v) is 4.50. The van der Waals surface area contributed by atoms with Crippen molar-refractivity contribution in [2.45, 2.75) is 20.5 Å². The van der Waals surface area contributed by atoms with Gasteiger partial charge in [0.15, 0.2) is 0 Å². The van der Waals surface area contributed by atoms with Gasteiger partial charge in [0.25, 0.3) is 5.91 Å². The molecule has 0 aliphatic carbocycles. The topological polar surface area (TPSA) is 58.9 Å². The van der Waals surface area contributed by atoms with Gasteiger partial charge in [-0.3, -0.25) is 4.79 Å². The average Bonchev–Trinajstić information content (AvgIpc) is 3.13. The number of ether oxygens (including phenoxy) is 1. The number of likely N-dealkylation sites (N-methyl/N-ethyl adjacent to an activating group) is 1. The Bertz CT molecular complexity index is 854. The van der Waals surface area contributed by atoms with E-state index in [2.05, 4.69) is 29.0 Å². The first kappa shape index (κ1) is 18.9. The fourth-order valence-electron chi connectivity index (χ4n) is 2.91. The van der Waals surface area contributed by atoms with E-state index < -0.39 is 0 Å². The van der Waals surface area contributed by atoms with E-state index in [1.54, 1.807) is 12.1 Å². The van der Waals surface area contributed by atoms with Gasteiger partial charge in [-0.25, -0.2) is 4.98 Å². The number of nitrogens with zero attached hydrogens (tertiary/aromatic N) is 3. The molecular formula is C21H26N4O2. The zero-order chi connectivity index (χ0) is 19.1. The Morgan fingerprint density at radius 1 is 1.19 bits per heavy atom. The van der Waals surface area contributed by atoms with Crippen LogP contribution in [-0.4, -0.2) is 46.4 Å². The molecule has 27 heavy (non-hydrogen) atoms. The summed E-state index contributed by atoms with van der Waals surface area (Å²) in [6.45, 7) is 8.05. The van der Waals surface area contributed by atoms with Crippen LogP contribution in [0.5, 0.6) is 5.75 Å². The number of aromatic nitrogens is 2. The lowest BCUT2D eigenvalue weighted by molar-refractivity contribution is 0.0948. The highest BCUT2D eigenvalue weighted by Gasteiger charge is 2.08. The second-order valence-electron chi connectivity index (χ2n) is 6.30. The van der Waals surface area contributed by atoms with Crippen molar-refractivity contribution in [3.05, 3.63) is 66.1 Å². The van der Waals surface area contributed by atoms with Gasteiger partial charge in [-0.05, 0) is 43.4 Å². The summed E-state index contributed by atoms with van der Waals surface area (Å²) in [7, 11) is 0. The first-order valence-corrected chi connectivity index (χ1v) is 9.35. The fourth-order valence-corrected chi connectivity index (χ4v) is 2.91. The zero-order valence-electron chi connectivity index (χ0n) is 15.9. The maximum absolute atomic E-state index is 12.3. The van der Waals surface area contributed by atoms with Crippen molar-refractivity contribution in [2.24, 2.45) is 0 Å². The third-order valence-electron chi connectivity index (χ3n) is 4.50. The number of imidazole rings is 1. The second kappa shape index (κ2) is 9.19. The summed E-state index contributed by atoms with van der Waals surface area (Å²) in [5.41, 5.74) is 2.33. The predicted molar refractivity (Wildman–Crippen MR) is 106 cm³/mol. The van der Waals surface area contributed by atoms with Crippen LogP contribution in [-0.2, 0) is 6.61 Å². The molecule has 2 aromatic heterocycles. The first-order chi connectivity index (χ1) is 13.2. The first-order valence-electron chi connectivity index (χ1n) is 9.35. The Labute approximate surface area is 159 Å². The molecule has 0 unspecified atom stereocenters. The van der Waals surface area contributed by atoms with E-state index in [1.165, 1.54) is 0 Å². The van der Waals surface area contributed by atoms with E-state index in [4.69, 9.17) is 4.74 Å². The molecule has 0 bridgehead atoms. The molecule has 1 aromatic carbocycles. The van der Waals surface area contributed by atoms with Gasteiger partial charge in [-0.15, -0.1) is 0 Å². The van der Waals surface area contributed by atoms with Gasteiger partial charge in [0.1, 0.15) is 18.0 Å².